The number of nitrogens with zero attached hydrogens (tertiary/aromatic N) is 1. The van der Waals surface area contributed by atoms with Gasteiger partial charge in [0.15, 0.2) is 18.1 Å². The number of hydrogen-bond donors (Lipinski definition) is 1. The Balaban J connectivity index is 2.04. The summed E-state index contributed by atoms with van der Waals surface area (Å²) in [4.78, 5) is 24.2. The third kappa shape index (κ3) is 5.90. The summed E-state index contributed by atoms with van der Waals surface area (Å²) in [5.41, 5.74) is 5.62. The molecule has 27 heavy (non-hydrogen) atoms. The van der Waals surface area contributed by atoms with E-state index >= 15 is 0 Å². The number of piperidine rings is 1. The molecule has 0 spiro atoms. The van der Waals surface area contributed by atoms with Crippen molar-refractivity contribution in [2.24, 2.45) is 11.7 Å². The summed E-state index contributed by atoms with van der Waals surface area (Å²) in [6.07, 6.45) is -1.21. The van der Waals surface area contributed by atoms with Gasteiger partial charge in [-0.1, -0.05) is 6.07 Å². The number of hydrogen-bond acceptors (Lipinski definition) is 4. The van der Waals surface area contributed by atoms with E-state index in [-0.39, 0.29) is 19.6 Å². The van der Waals surface area contributed by atoms with Gasteiger partial charge in [-0.3, -0.25) is 9.59 Å². The minimum absolute atomic E-state index is 0.0426. The van der Waals surface area contributed by atoms with E-state index in [9.17, 15) is 22.8 Å². The van der Waals surface area contributed by atoms with Crippen LogP contribution in [0.1, 0.15) is 18.4 Å². The molecule has 0 aromatic heterocycles. The van der Waals surface area contributed by atoms with Gasteiger partial charge in [0.2, 0.25) is 5.91 Å². The van der Waals surface area contributed by atoms with Crippen molar-refractivity contribution in [3.63, 3.8) is 0 Å². The normalized spacial score (nSPS) is 17.8. The SMILES string of the molecule is COc1cc(/C=C/C(=O)N2CCCC(C(F)(F)F)C2)ccc1OCC(N)=O. The van der Waals surface area contributed by atoms with E-state index in [1.54, 1.807) is 18.2 Å². The average Bonchev–Trinajstić information content (AvgIpc) is 2.64. The average molecular weight is 386 g/mol. The summed E-state index contributed by atoms with van der Waals surface area (Å²) < 4.78 is 48.9. The molecule has 1 aliphatic rings. The lowest BCUT2D eigenvalue weighted by Gasteiger charge is -2.33. The number of benzene rings is 1. The molecule has 2 amide bonds. The van der Waals surface area contributed by atoms with Gasteiger partial charge < -0.3 is 20.1 Å². The Morgan fingerprint density at radius 2 is 2.07 bits per heavy atom. The van der Waals surface area contributed by atoms with Gasteiger partial charge in [-0.2, -0.15) is 13.2 Å². The minimum Gasteiger partial charge on any atom is -0.493 e. The molecule has 1 atom stereocenters. The van der Waals surface area contributed by atoms with Crippen LogP contribution in [0, 0.1) is 5.92 Å². The second kappa shape index (κ2) is 8.79. The number of nitrogens with two attached hydrogens (primary N) is 1. The van der Waals surface area contributed by atoms with Crippen molar-refractivity contribution in [2.45, 2.75) is 19.0 Å². The monoisotopic (exact) mass is 386 g/mol. The molecule has 1 heterocycles. The molecule has 1 aromatic rings. The molecule has 6 nitrogen and oxygen atoms in total. The zero-order valence-corrected chi connectivity index (χ0v) is 14.8. The molecule has 0 saturated carbocycles. The zero-order valence-electron chi connectivity index (χ0n) is 14.8. The molecule has 0 bridgehead atoms. The van der Waals surface area contributed by atoms with Gasteiger partial charge in [-0.15, -0.1) is 0 Å². The number of ether oxygens (including phenoxy) is 2. The van der Waals surface area contributed by atoms with Crippen molar-refractivity contribution in [1.29, 1.82) is 0 Å². The van der Waals surface area contributed by atoms with Crippen molar-refractivity contribution in [3.8, 4) is 11.5 Å². The van der Waals surface area contributed by atoms with E-state index in [4.69, 9.17) is 15.2 Å². The lowest BCUT2D eigenvalue weighted by Crippen LogP contribution is -2.44. The van der Waals surface area contributed by atoms with Crippen LogP contribution in [0.15, 0.2) is 24.3 Å². The summed E-state index contributed by atoms with van der Waals surface area (Å²) in [6, 6.07) is 4.75. The Labute approximate surface area is 154 Å². The van der Waals surface area contributed by atoms with Gasteiger partial charge in [0.25, 0.3) is 5.91 Å². The predicted octanol–water partition coefficient (Wildman–Crippen LogP) is 2.37. The second-order valence-electron chi connectivity index (χ2n) is 6.16. The number of carbonyl (C=O) groups is 2. The number of alkyl halides is 3. The standard InChI is InChI=1S/C18H21F3N2O4/c1-26-15-9-12(4-6-14(15)27-11-16(22)24)5-7-17(25)23-8-2-3-13(10-23)18(19,20)21/h4-7,9,13H,2-3,8,10-11H2,1H3,(H2,22,24)/b7-5+. The zero-order chi connectivity index (χ0) is 20.0. The highest BCUT2D eigenvalue weighted by Gasteiger charge is 2.42. The minimum atomic E-state index is -4.29. The number of amides is 2. The van der Waals surface area contributed by atoms with Crippen LogP contribution in [-0.4, -0.2) is 49.7 Å². The third-order valence-electron chi connectivity index (χ3n) is 4.17. The highest BCUT2D eigenvalue weighted by atomic mass is 19.4. The van der Waals surface area contributed by atoms with Crippen LogP contribution in [0.4, 0.5) is 13.2 Å². The maximum absolute atomic E-state index is 12.9. The molecular formula is C18H21F3N2O4. The molecule has 1 fully saturated rings. The molecule has 2 rings (SSSR count). The predicted molar refractivity (Wildman–Crippen MR) is 92.1 cm³/mol. The summed E-state index contributed by atoms with van der Waals surface area (Å²) >= 11 is 0. The second-order valence-corrected chi connectivity index (χ2v) is 6.16. The largest absolute Gasteiger partial charge is 0.493 e. The Morgan fingerprint density at radius 3 is 2.70 bits per heavy atom. The van der Waals surface area contributed by atoms with E-state index in [1.165, 1.54) is 24.2 Å². The van der Waals surface area contributed by atoms with Gasteiger partial charge in [0.1, 0.15) is 0 Å². The van der Waals surface area contributed by atoms with Gasteiger partial charge >= 0.3 is 6.18 Å². The summed E-state index contributed by atoms with van der Waals surface area (Å²) in [7, 11) is 1.41. The van der Waals surface area contributed by atoms with Crippen LogP contribution in [0.5, 0.6) is 11.5 Å². The topological polar surface area (TPSA) is 81.9 Å². The molecule has 2 N–H and O–H groups in total. The van der Waals surface area contributed by atoms with E-state index in [0.29, 0.717) is 30.0 Å². The number of carbonyl (C=O) groups excluding carboxylic acids is 2. The van der Waals surface area contributed by atoms with Crippen molar-refractivity contribution in [2.75, 3.05) is 26.8 Å². The fourth-order valence-corrected chi connectivity index (χ4v) is 2.77. The molecule has 0 aliphatic carbocycles. The highest BCUT2D eigenvalue weighted by Crippen LogP contribution is 2.33. The summed E-state index contributed by atoms with van der Waals surface area (Å²) in [5.74, 6) is -1.95. The molecule has 1 aromatic carbocycles. The molecule has 1 unspecified atom stereocenters. The molecule has 9 heteroatoms. The summed E-state index contributed by atoms with van der Waals surface area (Å²) in [6.45, 7) is -0.325. The first-order chi connectivity index (χ1) is 12.7. The first kappa shape index (κ1) is 20.6. The molecular weight excluding hydrogens is 365 g/mol. The fourth-order valence-electron chi connectivity index (χ4n) is 2.77. The third-order valence-corrected chi connectivity index (χ3v) is 4.17. The van der Waals surface area contributed by atoms with Gasteiger partial charge in [0, 0.05) is 19.2 Å². The van der Waals surface area contributed by atoms with Gasteiger partial charge in [-0.05, 0) is 36.6 Å². The van der Waals surface area contributed by atoms with E-state index < -0.39 is 23.9 Å². The Morgan fingerprint density at radius 1 is 1.33 bits per heavy atom. The number of primary amides is 1. The maximum Gasteiger partial charge on any atom is 0.393 e. The molecule has 0 radical (unpaired) electrons. The van der Waals surface area contributed by atoms with Crippen molar-refractivity contribution >= 4 is 17.9 Å². The molecule has 148 valence electrons. The van der Waals surface area contributed by atoms with E-state index in [1.807, 2.05) is 0 Å². The van der Waals surface area contributed by atoms with Gasteiger partial charge in [-0.25, -0.2) is 0 Å². The van der Waals surface area contributed by atoms with E-state index in [2.05, 4.69) is 0 Å². The van der Waals surface area contributed by atoms with Gasteiger partial charge in [0.05, 0.1) is 13.0 Å². The summed E-state index contributed by atoms with van der Waals surface area (Å²) in [5, 5.41) is 0. The molecule has 1 saturated heterocycles. The van der Waals surface area contributed by atoms with Crippen molar-refractivity contribution in [1.82, 2.24) is 4.90 Å². The number of methoxy groups -OCH3 is 1. The lowest BCUT2D eigenvalue weighted by molar-refractivity contribution is -0.187. The number of rotatable bonds is 6. The number of likely N-dealkylation sites (tertiary alicyclic amines) is 1. The Bertz CT molecular complexity index is 719. The fraction of sp³-hybridized carbons (Fsp3) is 0.444. The quantitative estimate of drug-likeness (QED) is 0.761. The highest BCUT2D eigenvalue weighted by molar-refractivity contribution is 5.92. The van der Waals surface area contributed by atoms with E-state index in [0.717, 1.165) is 0 Å². The Kier molecular flexibility index (Phi) is 6.70. The lowest BCUT2D eigenvalue weighted by atomic mass is 9.97. The first-order valence-electron chi connectivity index (χ1n) is 8.33. The van der Waals surface area contributed by atoms with Crippen molar-refractivity contribution < 1.29 is 32.2 Å². The van der Waals surface area contributed by atoms with Crippen LogP contribution in [0.25, 0.3) is 6.08 Å². The maximum atomic E-state index is 12.9. The molecule has 1 aliphatic heterocycles. The Hall–Kier alpha value is -2.71. The van der Waals surface area contributed by atoms with Crippen LogP contribution >= 0.6 is 0 Å². The number of halogens is 3. The smallest absolute Gasteiger partial charge is 0.393 e. The van der Waals surface area contributed by atoms with Crippen LogP contribution < -0.4 is 15.2 Å². The van der Waals surface area contributed by atoms with Crippen LogP contribution in [-0.2, 0) is 9.59 Å². The van der Waals surface area contributed by atoms with Crippen molar-refractivity contribution in [3.05, 3.63) is 29.8 Å². The van der Waals surface area contributed by atoms with Crippen LogP contribution in [0.3, 0.4) is 0 Å². The van der Waals surface area contributed by atoms with Crippen LogP contribution in [0.2, 0.25) is 0 Å². The first-order valence-corrected chi connectivity index (χ1v) is 8.33.